The van der Waals surface area contributed by atoms with Gasteiger partial charge in [0, 0.05) is 6.42 Å². The Balaban J connectivity index is 3.70. The SMILES string of the molecule is CCCCCCC/C=C/C(O)C(COP(=O)(O)OCC[N+](C)(C)C)NC(=O)CCCCCCCCCCCCCCCCCCCCCCCCCCCCCCCCCCCCCCCC. The Bertz CT molecular complexity index is 1100. The molecule has 0 heterocycles. The number of aliphatic hydroxyl groups is 1. The molecule has 0 fully saturated rings. The van der Waals surface area contributed by atoms with Gasteiger partial charge in [-0.25, -0.2) is 4.57 Å². The number of hydrogen-bond acceptors (Lipinski definition) is 5. The van der Waals surface area contributed by atoms with Crippen molar-refractivity contribution in [1.29, 1.82) is 0 Å². The number of nitrogens with zero attached hydrogens (tertiary/aromatic N) is 1. The van der Waals surface area contributed by atoms with Crippen LogP contribution in [0, 0.1) is 0 Å². The van der Waals surface area contributed by atoms with E-state index in [2.05, 4.69) is 19.2 Å². The molecule has 0 aromatic heterocycles. The number of phosphoric acid groups is 1. The van der Waals surface area contributed by atoms with E-state index in [1.165, 1.54) is 244 Å². The Morgan fingerprint density at radius 2 is 0.791 bits per heavy atom. The zero-order valence-corrected chi connectivity index (χ0v) is 46.6. The van der Waals surface area contributed by atoms with Crippen molar-refractivity contribution in [2.75, 3.05) is 40.9 Å². The number of carbonyl (C=O) groups excluding carboxylic acids is 1. The van der Waals surface area contributed by atoms with E-state index in [1.807, 2.05) is 27.2 Å². The topological polar surface area (TPSA) is 105 Å². The third-order valence-corrected chi connectivity index (χ3v) is 14.7. The van der Waals surface area contributed by atoms with Crippen molar-refractivity contribution in [1.82, 2.24) is 5.32 Å². The summed E-state index contributed by atoms with van der Waals surface area (Å²) in [5.74, 6) is -0.175. The van der Waals surface area contributed by atoms with Gasteiger partial charge in [0.1, 0.15) is 13.2 Å². The van der Waals surface area contributed by atoms with Gasteiger partial charge in [-0.15, -0.1) is 0 Å². The van der Waals surface area contributed by atoms with Gasteiger partial charge < -0.3 is 19.8 Å². The van der Waals surface area contributed by atoms with Crippen molar-refractivity contribution in [2.24, 2.45) is 0 Å². The first-order valence-electron chi connectivity index (χ1n) is 29.6. The van der Waals surface area contributed by atoms with Gasteiger partial charge in [0.05, 0.1) is 39.9 Å². The maximum atomic E-state index is 12.9. The molecule has 0 aliphatic rings. The summed E-state index contributed by atoms with van der Waals surface area (Å²) in [5.41, 5.74) is 0. The Morgan fingerprint density at radius 1 is 0.493 bits per heavy atom. The first-order valence-corrected chi connectivity index (χ1v) is 31.1. The molecule has 0 aliphatic carbocycles. The van der Waals surface area contributed by atoms with Crippen LogP contribution in [0.5, 0.6) is 0 Å². The molecule has 0 aromatic rings. The largest absolute Gasteiger partial charge is 0.472 e. The highest BCUT2D eigenvalue weighted by molar-refractivity contribution is 7.47. The maximum Gasteiger partial charge on any atom is 0.472 e. The Kier molecular flexibility index (Phi) is 49.6. The average Bonchev–Trinajstić information content (AvgIpc) is 3.29. The Morgan fingerprint density at radius 3 is 1.10 bits per heavy atom. The van der Waals surface area contributed by atoms with Crippen molar-refractivity contribution in [3.05, 3.63) is 12.2 Å². The van der Waals surface area contributed by atoms with Gasteiger partial charge in [0.15, 0.2) is 0 Å². The number of aliphatic hydroxyl groups excluding tert-OH is 1. The van der Waals surface area contributed by atoms with Gasteiger partial charge in [-0.05, 0) is 19.3 Å². The van der Waals surface area contributed by atoms with Gasteiger partial charge in [-0.1, -0.05) is 289 Å². The van der Waals surface area contributed by atoms with Gasteiger partial charge in [0.25, 0.3) is 0 Å². The number of carbonyl (C=O) groups is 1. The standard InChI is InChI=1S/C58H117N2O6P/c1-6-8-10-12-14-15-16-17-18-19-20-21-22-23-24-25-26-27-28-29-30-31-32-33-34-35-36-37-38-39-40-41-42-43-44-46-48-50-52-58(62)59-56(57(61)51-49-47-45-13-11-9-7-2)55-66-67(63,64)65-54-53-60(3,4)5/h49,51,56-57,61H,6-48,50,52-55H2,1-5H3,(H-,59,62,63,64)/p+1/b51-49+. The molecular formula is C58H118N2O6P+. The van der Waals surface area contributed by atoms with Gasteiger partial charge in [-0.3, -0.25) is 13.8 Å². The van der Waals surface area contributed by atoms with E-state index in [1.54, 1.807) is 6.08 Å². The highest BCUT2D eigenvalue weighted by atomic mass is 31.2. The zero-order chi connectivity index (χ0) is 49.2. The molecule has 8 nitrogen and oxygen atoms in total. The van der Waals surface area contributed by atoms with E-state index in [4.69, 9.17) is 9.05 Å². The van der Waals surface area contributed by atoms with Crippen LogP contribution in [0.3, 0.4) is 0 Å². The summed E-state index contributed by atoms with van der Waals surface area (Å²) in [4.78, 5) is 23.1. The molecule has 67 heavy (non-hydrogen) atoms. The highest BCUT2D eigenvalue weighted by Gasteiger charge is 2.27. The monoisotopic (exact) mass is 970 g/mol. The third-order valence-electron chi connectivity index (χ3n) is 13.8. The minimum absolute atomic E-state index is 0.0641. The van der Waals surface area contributed by atoms with Crippen molar-refractivity contribution in [3.8, 4) is 0 Å². The van der Waals surface area contributed by atoms with Crippen LogP contribution in [-0.4, -0.2) is 73.4 Å². The summed E-state index contributed by atoms with van der Waals surface area (Å²) >= 11 is 0. The first kappa shape index (κ1) is 66.2. The van der Waals surface area contributed by atoms with Gasteiger partial charge in [0.2, 0.25) is 5.91 Å². The van der Waals surface area contributed by atoms with E-state index in [-0.39, 0.29) is 19.1 Å². The lowest BCUT2D eigenvalue weighted by atomic mass is 10.0. The smallest absolute Gasteiger partial charge is 0.387 e. The summed E-state index contributed by atoms with van der Waals surface area (Å²) < 4.78 is 23.5. The number of amides is 1. The zero-order valence-electron chi connectivity index (χ0n) is 45.7. The summed E-state index contributed by atoms with van der Waals surface area (Å²) in [7, 11) is 1.58. The predicted octanol–water partition coefficient (Wildman–Crippen LogP) is 17.8. The molecular weight excluding hydrogens is 852 g/mol. The minimum Gasteiger partial charge on any atom is -0.387 e. The number of phosphoric ester groups is 1. The van der Waals surface area contributed by atoms with Crippen LogP contribution in [0.25, 0.3) is 0 Å². The predicted molar refractivity (Wildman–Crippen MR) is 291 cm³/mol. The fourth-order valence-corrected chi connectivity index (χ4v) is 9.84. The molecule has 1 amide bonds. The van der Waals surface area contributed by atoms with E-state index in [0.717, 1.165) is 38.5 Å². The molecule has 400 valence electrons. The molecule has 0 aliphatic heterocycles. The van der Waals surface area contributed by atoms with Gasteiger partial charge in [-0.2, -0.15) is 0 Å². The van der Waals surface area contributed by atoms with Crippen LogP contribution in [-0.2, 0) is 18.4 Å². The van der Waals surface area contributed by atoms with Crippen molar-refractivity contribution in [3.63, 3.8) is 0 Å². The number of allylic oxidation sites excluding steroid dienone is 1. The maximum absolute atomic E-state index is 12.9. The van der Waals surface area contributed by atoms with E-state index >= 15 is 0 Å². The molecule has 0 saturated heterocycles. The van der Waals surface area contributed by atoms with Crippen LogP contribution in [0.1, 0.15) is 303 Å². The number of likely N-dealkylation sites (N-methyl/N-ethyl adjacent to an activating group) is 1. The second kappa shape index (κ2) is 50.2. The summed E-state index contributed by atoms with van der Waals surface area (Å²) in [6.45, 7) is 4.79. The van der Waals surface area contributed by atoms with Crippen LogP contribution >= 0.6 is 7.82 Å². The van der Waals surface area contributed by atoms with Crippen LogP contribution < -0.4 is 5.32 Å². The van der Waals surface area contributed by atoms with Crippen LogP contribution in [0.2, 0.25) is 0 Å². The lowest BCUT2D eigenvalue weighted by Gasteiger charge is -2.25. The molecule has 3 N–H and O–H groups in total. The Hall–Kier alpha value is -0.760. The molecule has 3 unspecified atom stereocenters. The first-order chi connectivity index (χ1) is 32.5. The molecule has 0 rings (SSSR count). The molecule has 0 radical (unpaired) electrons. The highest BCUT2D eigenvalue weighted by Crippen LogP contribution is 2.43. The summed E-state index contributed by atoms with van der Waals surface area (Å²) in [5, 5.41) is 13.7. The molecule has 9 heteroatoms. The lowest BCUT2D eigenvalue weighted by Crippen LogP contribution is -2.45. The van der Waals surface area contributed by atoms with Crippen molar-refractivity contribution in [2.45, 2.75) is 315 Å². The fourth-order valence-electron chi connectivity index (χ4n) is 9.10. The van der Waals surface area contributed by atoms with Gasteiger partial charge >= 0.3 is 7.82 Å². The quantitative estimate of drug-likeness (QED) is 0.0243. The third kappa shape index (κ3) is 52.9. The second-order valence-electron chi connectivity index (χ2n) is 21.7. The van der Waals surface area contributed by atoms with Crippen LogP contribution in [0.15, 0.2) is 12.2 Å². The minimum atomic E-state index is -4.33. The van der Waals surface area contributed by atoms with Crippen LogP contribution in [0.4, 0.5) is 0 Å². The summed E-state index contributed by atoms with van der Waals surface area (Å²) in [6.07, 6.45) is 62.4. The average molecular weight is 971 g/mol. The lowest BCUT2D eigenvalue weighted by molar-refractivity contribution is -0.870. The normalized spacial score (nSPS) is 14.0. The second-order valence-corrected chi connectivity index (χ2v) is 23.2. The van der Waals surface area contributed by atoms with E-state index < -0.39 is 20.0 Å². The number of hydrogen-bond donors (Lipinski definition) is 3. The van der Waals surface area contributed by atoms with E-state index in [0.29, 0.717) is 17.4 Å². The number of nitrogens with one attached hydrogen (secondary N) is 1. The molecule has 3 atom stereocenters. The van der Waals surface area contributed by atoms with E-state index in [9.17, 15) is 19.4 Å². The molecule has 0 saturated carbocycles. The fraction of sp³-hybridized carbons (Fsp3) is 0.948. The number of quaternary nitrogens is 1. The summed E-state index contributed by atoms with van der Waals surface area (Å²) in [6, 6.07) is -0.839. The van der Waals surface area contributed by atoms with Crippen molar-refractivity contribution >= 4 is 13.7 Å². The molecule has 0 bridgehead atoms. The number of unbranched alkanes of at least 4 members (excludes halogenated alkanes) is 42. The number of rotatable bonds is 55. The molecule has 0 aromatic carbocycles. The van der Waals surface area contributed by atoms with Crippen molar-refractivity contribution < 1.29 is 32.9 Å². The molecule has 0 spiro atoms. The Labute approximate surface area is 418 Å².